The molecule has 0 amide bonds. The van der Waals surface area contributed by atoms with E-state index in [-0.39, 0.29) is 11.1 Å². The molecule has 0 N–H and O–H groups in total. The van der Waals surface area contributed by atoms with Gasteiger partial charge in [-0.1, -0.05) is 0 Å². The van der Waals surface area contributed by atoms with Crippen LogP contribution in [-0.2, 0) is 11.1 Å². The molecular formula is C26H28N4. The van der Waals surface area contributed by atoms with Gasteiger partial charge in [-0.2, -0.15) is 10.2 Å². The normalized spacial score (nSPS) is 51.3. The molecule has 5 saturated carbocycles. The first-order valence-corrected chi connectivity index (χ1v) is 12.1. The predicted octanol–water partition coefficient (Wildman–Crippen LogP) is 5.37. The van der Waals surface area contributed by atoms with Gasteiger partial charge in [0, 0.05) is 24.8 Å². The van der Waals surface area contributed by atoms with Gasteiger partial charge >= 0.3 is 0 Å². The number of azo groups is 1. The molecule has 0 saturated heterocycles. The van der Waals surface area contributed by atoms with Crippen molar-refractivity contribution in [2.45, 2.75) is 49.6 Å². The third-order valence-electron chi connectivity index (χ3n) is 10.5. The minimum atomic E-state index is -0.104. The Morgan fingerprint density at radius 1 is 0.533 bits per heavy atom. The van der Waals surface area contributed by atoms with Crippen LogP contribution in [0.4, 0.5) is 0 Å². The smallest absolute Gasteiger partial charge is 0.113 e. The molecule has 30 heavy (non-hydrogen) atoms. The van der Waals surface area contributed by atoms with Crippen molar-refractivity contribution in [3.05, 3.63) is 60.2 Å². The second-order valence-corrected chi connectivity index (χ2v) is 11.1. The van der Waals surface area contributed by atoms with E-state index in [4.69, 9.17) is 10.2 Å². The third kappa shape index (κ3) is 1.64. The molecule has 5 aliphatic carbocycles. The Balaban J connectivity index is 1.46. The van der Waals surface area contributed by atoms with E-state index in [1.165, 1.54) is 49.7 Å². The number of nitrogens with zero attached hydrogens (tertiary/aromatic N) is 4. The van der Waals surface area contributed by atoms with Crippen LogP contribution in [0.2, 0.25) is 0 Å². The number of hydrogen-bond acceptors (Lipinski definition) is 4. The summed E-state index contributed by atoms with van der Waals surface area (Å²) in [5, 5.41) is 10.9. The number of rotatable bonds is 2. The van der Waals surface area contributed by atoms with E-state index in [1.807, 2.05) is 24.8 Å². The Labute approximate surface area is 177 Å². The molecular weight excluding hydrogens is 368 g/mol. The second-order valence-electron chi connectivity index (χ2n) is 11.1. The Morgan fingerprint density at radius 3 is 1.20 bits per heavy atom. The first-order valence-electron chi connectivity index (χ1n) is 12.1. The maximum atomic E-state index is 5.45. The summed E-state index contributed by atoms with van der Waals surface area (Å²) in [4.78, 5) is 8.73. The van der Waals surface area contributed by atoms with Gasteiger partial charge in [0.2, 0.25) is 0 Å². The molecule has 0 spiro atoms. The van der Waals surface area contributed by atoms with Gasteiger partial charge in [0.1, 0.15) is 11.1 Å². The van der Waals surface area contributed by atoms with Crippen molar-refractivity contribution in [2.24, 2.45) is 57.6 Å². The zero-order valence-electron chi connectivity index (χ0n) is 17.3. The topological polar surface area (TPSA) is 50.5 Å². The largest absolute Gasteiger partial charge is 0.265 e. The molecule has 7 aliphatic rings. The molecule has 152 valence electrons. The van der Waals surface area contributed by atoms with E-state index in [9.17, 15) is 0 Å². The van der Waals surface area contributed by atoms with Crippen molar-refractivity contribution >= 4 is 0 Å². The zero-order valence-corrected chi connectivity index (χ0v) is 17.3. The fraction of sp³-hybridized carbons (Fsp3) is 0.615. The summed E-state index contributed by atoms with van der Waals surface area (Å²) >= 11 is 0. The molecule has 5 fully saturated rings. The van der Waals surface area contributed by atoms with E-state index in [1.54, 1.807) is 0 Å². The Kier molecular flexibility index (Phi) is 2.97. The van der Waals surface area contributed by atoms with Gasteiger partial charge in [-0.3, -0.25) is 9.97 Å². The summed E-state index contributed by atoms with van der Waals surface area (Å²) in [5.41, 5.74) is 2.61. The quantitative estimate of drug-likeness (QED) is 0.685. The monoisotopic (exact) mass is 396 g/mol. The van der Waals surface area contributed by atoms with Crippen LogP contribution in [0, 0.1) is 47.3 Å². The lowest BCUT2D eigenvalue weighted by atomic mass is 9.42. The molecule has 10 atom stereocenters. The molecule has 0 radical (unpaired) electrons. The minimum Gasteiger partial charge on any atom is -0.265 e. The highest BCUT2D eigenvalue weighted by molar-refractivity contribution is 5.41. The third-order valence-corrected chi connectivity index (χ3v) is 10.5. The van der Waals surface area contributed by atoms with Gasteiger partial charge in [0.25, 0.3) is 0 Å². The summed E-state index contributed by atoms with van der Waals surface area (Å²) < 4.78 is 0. The lowest BCUT2D eigenvalue weighted by molar-refractivity contribution is -0.141. The molecule has 2 aromatic rings. The first-order chi connectivity index (χ1) is 14.8. The summed E-state index contributed by atoms with van der Waals surface area (Å²) in [5.74, 6) is 5.83. The standard InChI is InChI=1S/C26H28N4/c1-2-16-13-15(1)21-22(16)26(20-7-11-28-12-8-20)24-18-4-3-17(14-18)23(24)25(21,29-30-26)19-5-9-27-10-6-19/h5-12,15-18,21-24H,1-4,13-14H2/t15-,16+,17+,18-,21+,22-,23-,24+,25?,26?. The van der Waals surface area contributed by atoms with Gasteiger partial charge in [-0.15, -0.1) is 0 Å². The number of hydrogen-bond donors (Lipinski definition) is 0. The maximum Gasteiger partial charge on any atom is 0.113 e. The molecule has 9 rings (SSSR count). The van der Waals surface area contributed by atoms with Crippen LogP contribution in [0.3, 0.4) is 0 Å². The van der Waals surface area contributed by atoms with Crippen LogP contribution >= 0.6 is 0 Å². The van der Waals surface area contributed by atoms with Crippen LogP contribution in [0.1, 0.15) is 49.7 Å². The van der Waals surface area contributed by atoms with E-state index in [0.29, 0.717) is 23.7 Å². The fourth-order valence-corrected chi connectivity index (χ4v) is 10.1. The fourth-order valence-electron chi connectivity index (χ4n) is 10.1. The van der Waals surface area contributed by atoms with Crippen molar-refractivity contribution in [3.63, 3.8) is 0 Å². The molecule has 4 heterocycles. The predicted molar refractivity (Wildman–Crippen MR) is 112 cm³/mol. The Morgan fingerprint density at radius 2 is 0.867 bits per heavy atom. The van der Waals surface area contributed by atoms with E-state index >= 15 is 0 Å². The van der Waals surface area contributed by atoms with Gasteiger partial charge in [0.15, 0.2) is 0 Å². The van der Waals surface area contributed by atoms with Gasteiger partial charge < -0.3 is 0 Å². The highest BCUT2D eigenvalue weighted by Gasteiger charge is 2.79. The first kappa shape index (κ1) is 16.6. The summed E-state index contributed by atoms with van der Waals surface area (Å²) in [6, 6.07) is 9.09. The average molecular weight is 397 g/mol. The maximum absolute atomic E-state index is 5.45. The van der Waals surface area contributed by atoms with Crippen molar-refractivity contribution in [1.82, 2.24) is 9.97 Å². The summed E-state index contributed by atoms with van der Waals surface area (Å²) in [7, 11) is 0. The van der Waals surface area contributed by atoms with Crippen molar-refractivity contribution in [1.29, 1.82) is 0 Å². The van der Waals surface area contributed by atoms with Gasteiger partial charge in [0.05, 0.1) is 0 Å². The highest BCUT2D eigenvalue weighted by Crippen LogP contribution is 2.80. The summed E-state index contributed by atoms with van der Waals surface area (Å²) in [6.07, 6.45) is 16.3. The molecule has 2 unspecified atom stereocenters. The number of fused-ring (bicyclic) bond motifs is 4. The van der Waals surface area contributed by atoms with Crippen LogP contribution in [-0.4, -0.2) is 9.97 Å². The molecule has 6 bridgehead atoms. The minimum absolute atomic E-state index is 0.104. The molecule has 4 nitrogen and oxygen atoms in total. The van der Waals surface area contributed by atoms with Crippen molar-refractivity contribution in [3.8, 4) is 0 Å². The van der Waals surface area contributed by atoms with Crippen LogP contribution in [0.5, 0.6) is 0 Å². The number of pyridine rings is 2. The van der Waals surface area contributed by atoms with Gasteiger partial charge in [-0.05, 0) is 121 Å². The second kappa shape index (κ2) is 5.38. The summed E-state index contributed by atoms with van der Waals surface area (Å²) in [6.45, 7) is 0. The zero-order chi connectivity index (χ0) is 19.5. The van der Waals surface area contributed by atoms with Crippen LogP contribution in [0.15, 0.2) is 59.3 Å². The molecule has 0 aromatic carbocycles. The lowest BCUT2D eigenvalue weighted by Gasteiger charge is -2.66. The SMILES string of the molecule is c1cc(C23N=NC(c4ccncc4)([C@@H]4[C@H]5CC[C@H](C5)[C@@H]42)[C@H]2[C@@H]4CC[C@@H](C4)[C@H]23)ccn1. The van der Waals surface area contributed by atoms with Gasteiger partial charge in [-0.25, -0.2) is 0 Å². The van der Waals surface area contributed by atoms with Crippen LogP contribution in [0.25, 0.3) is 0 Å². The highest BCUT2D eigenvalue weighted by atomic mass is 15.3. The van der Waals surface area contributed by atoms with Crippen molar-refractivity contribution < 1.29 is 0 Å². The molecule has 2 aliphatic heterocycles. The average Bonchev–Trinajstić information content (AvgIpc) is 3.62. The Bertz CT molecular complexity index is 918. The van der Waals surface area contributed by atoms with E-state index in [2.05, 4.69) is 34.2 Å². The lowest BCUT2D eigenvalue weighted by Crippen LogP contribution is -2.67. The molecule has 2 aromatic heterocycles. The molecule has 4 heteroatoms. The number of aromatic nitrogens is 2. The van der Waals surface area contributed by atoms with Crippen molar-refractivity contribution in [2.75, 3.05) is 0 Å². The van der Waals surface area contributed by atoms with Crippen LogP contribution < -0.4 is 0 Å². The van der Waals surface area contributed by atoms with E-state index in [0.717, 1.165) is 23.7 Å². The van der Waals surface area contributed by atoms with E-state index < -0.39 is 0 Å². The Hall–Kier alpha value is -2.10.